The molecule has 0 atom stereocenters. The molecule has 104 valence electrons. The lowest BCUT2D eigenvalue weighted by molar-refractivity contribution is 0.373. The topological polar surface area (TPSA) is 38.0 Å². The van der Waals surface area contributed by atoms with Crippen molar-refractivity contribution in [3.8, 4) is 0 Å². The molecule has 0 saturated heterocycles. The Balaban J connectivity index is 2.08. The van der Waals surface area contributed by atoms with Gasteiger partial charge < -0.3 is 11.1 Å². The number of nitrogens with two attached hydrogens (primary N) is 1. The molecule has 1 fully saturated rings. The van der Waals surface area contributed by atoms with Crippen LogP contribution in [-0.4, -0.2) is 17.8 Å². The maximum atomic E-state index is 5.88. The van der Waals surface area contributed by atoms with Gasteiger partial charge in [0.1, 0.15) is 4.99 Å². The summed E-state index contributed by atoms with van der Waals surface area (Å²) in [6.45, 7) is 1.04. The summed E-state index contributed by atoms with van der Waals surface area (Å²) in [5.41, 5.74) is 7.97. The number of anilines is 1. The molecule has 1 aliphatic rings. The average molecular weight is 294 g/mol. The number of nitrogens with one attached hydrogen (secondary N) is 1. The molecule has 0 unspecified atom stereocenters. The lowest BCUT2D eigenvalue weighted by Gasteiger charge is -2.23. The van der Waals surface area contributed by atoms with Crippen molar-refractivity contribution in [2.24, 2.45) is 11.7 Å². The van der Waals surface area contributed by atoms with Gasteiger partial charge in [-0.15, -0.1) is 11.8 Å². The minimum atomic E-state index is 0.482. The third-order valence-corrected chi connectivity index (χ3v) is 4.78. The normalized spacial score (nSPS) is 16.3. The van der Waals surface area contributed by atoms with E-state index < -0.39 is 0 Å². The third-order valence-electron chi connectivity index (χ3n) is 3.80. The summed E-state index contributed by atoms with van der Waals surface area (Å²) in [5, 5.41) is 3.56. The number of rotatable bonds is 5. The van der Waals surface area contributed by atoms with Crippen LogP contribution >= 0.6 is 24.0 Å². The van der Waals surface area contributed by atoms with Gasteiger partial charge in [-0.3, -0.25) is 0 Å². The molecule has 0 heterocycles. The monoisotopic (exact) mass is 294 g/mol. The quantitative estimate of drug-likeness (QED) is 0.635. The molecule has 0 spiro atoms. The molecule has 0 aromatic heterocycles. The summed E-state index contributed by atoms with van der Waals surface area (Å²) < 4.78 is 0. The summed E-state index contributed by atoms with van der Waals surface area (Å²) in [6.07, 6.45) is 8.90. The van der Waals surface area contributed by atoms with Crippen LogP contribution in [0.25, 0.3) is 0 Å². The lowest BCUT2D eigenvalue weighted by atomic mass is 9.89. The summed E-state index contributed by atoms with van der Waals surface area (Å²) in [5.74, 6) is 0.797. The molecule has 1 saturated carbocycles. The molecule has 4 heteroatoms. The van der Waals surface area contributed by atoms with Crippen LogP contribution < -0.4 is 11.1 Å². The molecule has 0 amide bonds. The SMILES string of the molecule is CSc1cccc(NCC2CCCCC2)c1C(N)=S. The van der Waals surface area contributed by atoms with Gasteiger partial charge >= 0.3 is 0 Å². The van der Waals surface area contributed by atoms with Gasteiger partial charge in [-0.1, -0.05) is 37.5 Å². The fourth-order valence-corrected chi connectivity index (χ4v) is 3.67. The van der Waals surface area contributed by atoms with Gasteiger partial charge in [-0.05, 0) is 37.1 Å². The molecule has 19 heavy (non-hydrogen) atoms. The highest BCUT2D eigenvalue weighted by Gasteiger charge is 2.15. The number of thiocarbonyl (C=S) groups is 1. The molecule has 1 aliphatic carbocycles. The summed E-state index contributed by atoms with van der Waals surface area (Å²) >= 11 is 6.89. The van der Waals surface area contributed by atoms with Crippen LogP contribution in [0.1, 0.15) is 37.7 Å². The number of benzene rings is 1. The van der Waals surface area contributed by atoms with E-state index in [0.717, 1.165) is 28.6 Å². The van der Waals surface area contributed by atoms with Crippen molar-refractivity contribution in [3.63, 3.8) is 0 Å². The van der Waals surface area contributed by atoms with Gasteiger partial charge in [0, 0.05) is 22.7 Å². The fourth-order valence-electron chi connectivity index (χ4n) is 2.75. The van der Waals surface area contributed by atoms with E-state index in [1.54, 1.807) is 11.8 Å². The molecule has 0 radical (unpaired) electrons. The van der Waals surface area contributed by atoms with Crippen LogP contribution in [0, 0.1) is 5.92 Å². The minimum absolute atomic E-state index is 0.482. The zero-order chi connectivity index (χ0) is 13.7. The maximum absolute atomic E-state index is 5.88. The van der Waals surface area contributed by atoms with Crippen molar-refractivity contribution in [1.82, 2.24) is 0 Å². The lowest BCUT2D eigenvalue weighted by Crippen LogP contribution is -2.20. The second kappa shape index (κ2) is 7.15. The zero-order valence-electron chi connectivity index (χ0n) is 11.4. The smallest absolute Gasteiger partial charge is 0.107 e. The molecule has 0 bridgehead atoms. The van der Waals surface area contributed by atoms with Crippen molar-refractivity contribution < 1.29 is 0 Å². The van der Waals surface area contributed by atoms with E-state index in [4.69, 9.17) is 18.0 Å². The number of hydrogen-bond acceptors (Lipinski definition) is 3. The molecular weight excluding hydrogens is 272 g/mol. The largest absolute Gasteiger partial charge is 0.389 e. The Labute approximate surface area is 125 Å². The fraction of sp³-hybridized carbons (Fsp3) is 0.533. The van der Waals surface area contributed by atoms with Gasteiger partial charge in [0.2, 0.25) is 0 Å². The second-order valence-corrected chi connectivity index (χ2v) is 6.42. The highest BCUT2D eigenvalue weighted by molar-refractivity contribution is 7.98. The minimum Gasteiger partial charge on any atom is -0.389 e. The van der Waals surface area contributed by atoms with E-state index in [0.29, 0.717) is 4.99 Å². The first-order chi connectivity index (χ1) is 9.22. The maximum Gasteiger partial charge on any atom is 0.107 e. The van der Waals surface area contributed by atoms with E-state index in [9.17, 15) is 0 Å². The van der Waals surface area contributed by atoms with Gasteiger partial charge in [0.15, 0.2) is 0 Å². The standard InChI is InChI=1S/C15H22N2S2/c1-19-13-9-5-8-12(14(13)15(16)18)17-10-11-6-3-2-4-7-11/h5,8-9,11,17H,2-4,6-7,10H2,1H3,(H2,16,18). The van der Waals surface area contributed by atoms with Crippen molar-refractivity contribution in [1.29, 1.82) is 0 Å². The van der Waals surface area contributed by atoms with E-state index >= 15 is 0 Å². The first kappa shape index (κ1) is 14.7. The Morgan fingerprint density at radius 3 is 2.74 bits per heavy atom. The van der Waals surface area contributed by atoms with Gasteiger partial charge in [0.25, 0.3) is 0 Å². The summed E-state index contributed by atoms with van der Waals surface area (Å²) in [4.78, 5) is 1.64. The summed E-state index contributed by atoms with van der Waals surface area (Å²) in [6, 6.07) is 6.22. The molecule has 3 N–H and O–H groups in total. The van der Waals surface area contributed by atoms with Crippen molar-refractivity contribution in [2.75, 3.05) is 18.1 Å². The highest BCUT2D eigenvalue weighted by Crippen LogP contribution is 2.29. The van der Waals surface area contributed by atoms with Crippen LogP contribution in [0.15, 0.2) is 23.1 Å². The Morgan fingerprint density at radius 1 is 1.37 bits per heavy atom. The molecule has 1 aromatic carbocycles. The zero-order valence-corrected chi connectivity index (χ0v) is 13.1. The Hall–Kier alpha value is -0.740. The Kier molecular flexibility index (Phi) is 5.52. The van der Waals surface area contributed by atoms with Crippen molar-refractivity contribution in [3.05, 3.63) is 23.8 Å². The van der Waals surface area contributed by atoms with Crippen LogP contribution in [0.5, 0.6) is 0 Å². The van der Waals surface area contributed by atoms with E-state index in [1.165, 1.54) is 32.1 Å². The van der Waals surface area contributed by atoms with Crippen molar-refractivity contribution in [2.45, 2.75) is 37.0 Å². The molecule has 2 rings (SSSR count). The Morgan fingerprint density at radius 2 is 2.11 bits per heavy atom. The first-order valence-electron chi connectivity index (χ1n) is 6.93. The summed E-state index contributed by atoms with van der Waals surface area (Å²) in [7, 11) is 0. The van der Waals surface area contributed by atoms with Crippen LogP contribution in [0.2, 0.25) is 0 Å². The van der Waals surface area contributed by atoms with Crippen LogP contribution in [0.4, 0.5) is 5.69 Å². The van der Waals surface area contributed by atoms with Crippen LogP contribution in [0.3, 0.4) is 0 Å². The van der Waals surface area contributed by atoms with E-state index in [-0.39, 0.29) is 0 Å². The van der Waals surface area contributed by atoms with Gasteiger partial charge in [-0.25, -0.2) is 0 Å². The second-order valence-electron chi connectivity index (χ2n) is 5.13. The molecule has 0 aliphatic heterocycles. The molecular formula is C15H22N2S2. The predicted molar refractivity (Wildman–Crippen MR) is 89.2 cm³/mol. The first-order valence-corrected chi connectivity index (χ1v) is 8.56. The third kappa shape index (κ3) is 3.86. The highest BCUT2D eigenvalue weighted by atomic mass is 32.2. The van der Waals surface area contributed by atoms with Crippen LogP contribution in [-0.2, 0) is 0 Å². The van der Waals surface area contributed by atoms with E-state index in [1.807, 2.05) is 0 Å². The average Bonchev–Trinajstić information content (AvgIpc) is 2.45. The van der Waals surface area contributed by atoms with Gasteiger partial charge in [-0.2, -0.15) is 0 Å². The number of thioether (sulfide) groups is 1. The van der Waals surface area contributed by atoms with Crippen molar-refractivity contribution >= 4 is 34.7 Å². The van der Waals surface area contributed by atoms with Gasteiger partial charge in [0.05, 0.1) is 0 Å². The molecule has 2 nitrogen and oxygen atoms in total. The Bertz CT molecular complexity index is 440. The molecule has 1 aromatic rings. The van der Waals surface area contributed by atoms with E-state index in [2.05, 4.69) is 29.8 Å². The number of hydrogen-bond donors (Lipinski definition) is 2. The predicted octanol–water partition coefficient (Wildman–Crippen LogP) is 4.03.